The monoisotopic (exact) mass is 313 g/mol. The van der Waals surface area contributed by atoms with Crippen molar-refractivity contribution in [2.75, 3.05) is 5.73 Å². The minimum atomic E-state index is 0.356. The molecule has 1 aromatic heterocycles. The van der Waals surface area contributed by atoms with Gasteiger partial charge in [0.25, 0.3) is 0 Å². The van der Waals surface area contributed by atoms with Gasteiger partial charge in [0, 0.05) is 12.1 Å². The number of benzene rings is 1. The first-order valence-corrected chi connectivity index (χ1v) is 7.25. The highest BCUT2D eigenvalue weighted by Crippen LogP contribution is 2.32. The summed E-state index contributed by atoms with van der Waals surface area (Å²) < 4.78 is 1.77. The van der Waals surface area contributed by atoms with Gasteiger partial charge in [0.2, 0.25) is 0 Å². The van der Waals surface area contributed by atoms with Gasteiger partial charge in [-0.1, -0.05) is 37.0 Å². The van der Waals surface area contributed by atoms with Gasteiger partial charge in [-0.05, 0) is 41.3 Å². The molecule has 5 nitrogen and oxygen atoms in total. The Morgan fingerprint density at radius 3 is 2.70 bits per heavy atom. The normalized spacial score (nSPS) is 11.2. The molecule has 108 valence electrons. The smallest absolute Gasteiger partial charge is 0.182 e. The van der Waals surface area contributed by atoms with Crippen molar-refractivity contribution < 1.29 is 0 Å². The number of aromatic nitrogens is 4. The van der Waals surface area contributed by atoms with Crippen molar-refractivity contribution >= 4 is 28.9 Å². The third kappa shape index (κ3) is 3.41. The molecule has 1 heterocycles. The lowest BCUT2D eigenvalue weighted by atomic mass is 10.1. The van der Waals surface area contributed by atoms with Crippen molar-refractivity contribution in [1.29, 1.82) is 0 Å². The van der Waals surface area contributed by atoms with Crippen molar-refractivity contribution in [1.82, 2.24) is 20.2 Å². The Balaban J connectivity index is 2.23. The molecule has 0 radical (unpaired) electrons. The zero-order chi connectivity index (χ0) is 14.7. The quantitative estimate of drug-likeness (QED) is 0.855. The first-order chi connectivity index (χ1) is 9.49. The van der Waals surface area contributed by atoms with Crippen molar-refractivity contribution in [2.24, 2.45) is 5.92 Å². The molecule has 2 N–H and O–H groups in total. The Bertz CT molecular complexity index is 571. The van der Waals surface area contributed by atoms with Crippen molar-refractivity contribution in [3.05, 3.63) is 22.2 Å². The van der Waals surface area contributed by atoms with Gasteiger partial charge >= 0.3 is 0 Å². The van der Waals surface area contributed by atoms with Gasteiger partial charge < -0.3 is 5.73 Å². The second-order valence-electron chi connectivity index (χ2n) is 5.12. The first kappa shape index (κ1) is 15.1. The van der Waals surface area contributed by atoms with Crippen LogP contribution in [0.25, 0.3) is 11.4 Å². The van der Waals surface area contributed by atoms with Crippen molar-refractivity contribution in [3.63, 3.8) is 0 Å². The van der Waals surface area contributed by atoms with Gasteiger partial charge in [0.1, 0.15) is 0 Å². The molecule has 0 spiro atoms. The molecule has 0 aliphatic rings. The van der Waals surface area contributed by atoms with E-state index in [2.05, 4.69) is 29.4 Å². The predicted molar refractivity (Wildman–Crippen MR) is 81.8 cm³/mol. The van der Waals surface area contributed by atoms with E-state index < -0.39 is 0 Å². The minimum absolute atomic E-state index is 0.356. The molecule has 0 atom stereocenters. The van der Waals surface area contributed by atoms with E-state index in [1.807, 2.05) is 0 Å². The Morgan fingerprint density at radius 1 is 1.30 bits per heavy atom. The standard InChI is InChI=1S/C13H17Cl2N5/c1-8(2)4-3-5-20-13(17-18-19-20)9-6-10(14)12(15)11(16)7-9/h6-8H,3-5,16H2,1-2H3. The summed E-state index contributed by atoms with van der Waals surface area (Å²) in [6.07, 6.45) is 2.15. The second-order valence-corrected chi connectivity index (χ2v) is 5.91. The fraction of sp³-hybridized carbons (Fsp3) is 0.462. The molecule has 20 heavy (non-hydrogen) atoms. The van der Waals surface area contributed by atoms with E-state index in [1.165, 1.54) is 0 Å². The number of halogens is 2. The minimum Gasteiger partial charge on any atom is -0.397 e. The largest absolute Gasteiger partial charge is 0.397 e. The molecule has 0 aliphatic carbocycles. The molecule has 0 amide bonds. The summed E-state index contributed by atoms with van der Waals surface area (Å²) in [4.78, 5) is 0. The highest BCUT2D eigenvalue weighted by Gasteiger charge is 2.13. The number of tetrazole rings is 1. The van der Waals surface area contributed by atoms with E-state index in [0.717, 1.165) is 24.9 Å². The van der Waals surface area contributed by atoms with Crippen LogP contribution in [0.1, 0.15) is 26.7 Å². The number of nitrogens with zero attached hydrogens (tertiary/aromatic N) is 4. The van der Waals surface area contributed by atoms with E-state index in [1.54, 1.807) is 16.8 Å². The fourth-order valence-electron chi connectivity index (χ4n) is 1.95. The molecule has 0 bridgehead atoms. The maximum Gasteiger partial charge on any atom is 0.182 e. The zero-order valence-electron chi connectivity index (χ0n) is 11.5. The van der Waals surface area contributed by atoms with E-state index >= 15 is 0 Å². The van der Waals surface area contributed by atoms with E-state index in [4.69, 9.17) is 28.9 Å². The van der Waals surface area contributed by atoms with E-state index in [9.17, 15) is 0 Å². The summed E-state index contributed by atoms with van der Waals surface area (Å²) in [6.45, 7) is 5.15. The van der Waals surface area contributed by atoms with Crippen LogP contribution in [0.3, 0.4) is 0 Å². The molecule has 0 saturated carbocycles. The summed E-state index contributed by atoms with van der Waals surface area (Å²) in [5.41, 5.74) is 7.02. The molecule has 0 aliphatic heterocycles. The van der Waals surface area contributed by atoms with Gasteiger partial charge in [0.15, 0.2) is 5.82 Å². The van der Waals surface area contributed by atoms with Crippen molar-refractivity contribution in [2.45, 2.75) is 33.2 Å². The summed E-state index contributed by atoms with van der Waals surface area (Å²) in [7, 11) is 0. The molecule has 2 rings (SSSR count). The van der Waals surface area contributed by atoms with Gasteiger partial charge in [-0.25, -0.2) is 4.68 Å². The van der Waals surface area contributed by atoms with Crippen LogP contribution in [0.2, 0.25) is 10.0 Å². The summed E-state index contributed by atoms with van der Waals surface area (Å²) >= 11 is 12.0. The average molecular weight is 314 g/mol. The maximum atomic E-state index is 6.04. The highest BCUT2D eigenvalue weighted by molar-refractivity contribution is 6.43. The SMILES string of the molecule is CC(C)CCCn1nnnc1-c1cc(N)c(Cl)c(Cl)c1. The van der Waals surface area contributed by atoms with Crippen LogP contribution in [0.5, 0.6) is 0 Å². The van der Waals surface area contributed by atoms with Crippen LogP contribution < -0.4 is 5.73 Å². The number of aryl methyl sites for hydroxylation is 1. The van der Waals surface area contributed by atoms with Crippen LogP contribution >= 0.6 is 23.2 Å². The van der Waals surface area contributed by atoms with E-state index in [0.29, 0.717) is 27.5 Å². The predicted octanol–water partition coefficient (Wildman–Crippen LogP) is 3.67. The van der Waals surface area contributed by atoms with Gasteiger partial charge in [-0.2, -0.15) is 0 Å². The molecular weight excluding hydrogens is 297 g/mol. The third-order valence-electron chi connectivity index (χ3n) is 3.00. The van der Waals surface area contributed by atoms with Crippen LogP contribution in [0, 0.1) is 5.92 Å². The number of rotatable bonds is 5. The summed E-state index contributed by atoms with van der Waals surface area (Å²) in [5.74, 6) is 1.31. The van der Waals surface area contributed by atoms with Crippen LogP contribution in [-0.4, -0.2) is 20.2 Å². The zero-order valence-corrected chi connectivity index (χ0v) is 13.0. The first-order valence-electron chi connectivity index (χ1n) is 6.50. The third-order valence-corrected chi connectivity index (χ3v) is 3.81. The van der Waals surface area contributed by atoms with Gasteiger partial charge in [0.05, 0.1) is 15.7 Å². The number of nitrogens with two attached hydrogens (primary N) is 1. The van der Waals surface area contributed by atoms with Crippen LogP contribution in [-0.2, 0) is 6.54 Å². The molecule has 1 aromatic carbocycles. The molecule has 2 aromatic rings. The lowest BCUT2D eigenvalue weighted by molar-refractivity contribution is 0.485. The number of hydrogen-bond donors (Lipinski definition) is 1. The highest BCUT2D eigenvalue weighted by atomic mass is 35.5. The Labute approximate surface area is 128 Å². The topological polar surface area (TPSA) is 69.6 Å². The number of nitrogen functional groups attached to an aromatic ring is 1. The van der Waals surface area contributed by atoms with Crippen LogP contribution in [0.4, 0.5) is 5.69 Å². The summed E-state index contributed by atoms with van der Waals surface area (Å²) in [5, 5.41) is 12.5. The van der Waals surface area contributed by atoms with Crippen molar-refractivity contribution in [3.8, 4) is 11.4 Å². The molecule has 0 saturated heterocycles. The molecule has 0 fully saturated rings. The summed E-state index contributed by atoms with van der Waals surface area (Å²) in [6, 6.07) is 3.46. The molecule has 7 heteroatoms. The Morgan fingerprint density at radius 2 is 2.05 bits per heavy atom. The second kappa shape index (κ2) is 6.41. The molecule has 0 unspecified atom stereocenters. The Hall–Kier alpha value is -1.33. The van der Waals surface area contributed by atoms with Gasteiger partial charge in [-0.3, -0.25) is 0 Å². The van der Waals surface area contributed by atoms with Gasteiger partial charge in [-0.15, -0.1) is 5.10 Å². The number of hydrogen-bond acceptors (Lipinski definition) is 4. The van der Waals surface area contributed by atoms with E-state index in [-0.39, 0.29) is 0 Å². The fourth-order valence-corrected chi connectivity index (χ4v) is 2.29. The maximum absolute atomic E-state index is 6.04. The number of anilines is 1. The molecular formula is C13H17Cl2N5. The average Bonchev–Trinajstić information content (AvgIpc) is 2.83. The lowest BCUT2D eigenvalue weighted by Crippen LogP contribution is -2.04. The van der Waals surface area contributed by atoms with Crippen LogP contribution in [0.15, 0.2) is 12.1 Å². The Kier molecular flexibility index (Phi) is 4.83. The lowest BCUT2D eigenvalue weighted by Gasteiger charge is -2.08.